The molecule has 0 amide bonds. The number of H-pyrrole nitrogens is 1. The Labute approximate surface area is 156 Å². The van der Waals surface area contributed by atoms with Crippen molar-refractivity contribution < 1.29 is 4.74 Å². The predicted molar refractivity (Wildman–Crippen MR) is 102 cm³/mol. The van der Waals surface area contributed by atoms with E-state index < -0.39 is 0 Å². The van der Waals surface area contributed by atoms with E-state index in [4.69, 9.17) is 4.74 Å². The predicted octanol–water partition coefficient (Wildman–Crippen LogP) is 3.06. The topological polar surface area (TPSA) is 85.7 Å². The minimum atomic E-state index is -0.171. The van der Waals surface area contributed by atoms with Gasteiger partial charge in [0.2, 0.25) is 5.88 Å². The van der Waals surface area contributed by atoms with Crippen molar-refractivity contribution in [3.63, 3.8) is 0 Å². The third kappa shape index (κ3) is 2.88. The number of ether oxygens (including phenoxy) is 1. The molecule has 0 aromatic carbocycles. The van der Waals surface area contributed by atoms with Crippen LogP contribution < -0.4 is 10.3 Å². The van der Waals surface area contributed by atoms with Crippen LogP contribution in [0.25, 0.3) is 22.4 Å². The van der Waals surface area contributed by atoms with Gasteiger partial charge in [-0.1, -0.05) is 19.3 Å². The highest BCUT2D eigenvalue weighted by molar-refractivity contribution is 7.80. The number of aromatic amines is 1. The van der Waals surface area contributed by atoms with Gasteiger partial charge in [0.05, 0.1) is 23.4 Å². The first kappa shape index (κ1) is 17.1. The van der Waals surface area contributed by atoms with Crippen molar-refractivity contribution in [3.05, 3.63) is 28.2 Å². The number of methoxy groups -OCH3 is 1. The molecule has 8 heteroatoms. The first-order chi connectivity index (χ1) is 12.6. The molecule has 1 saturated carbocycles. The molecule has 3 aromatic heterocycles. The second-order valence-corrected chi connectivity index (χ2v) is 7.14. The number of nitrogens with zero attached hydrogens (tertiary/aromatic N) is 4. The Morgan fingerprint density at radius 2 is 2.00 bits per heavy atom. The second-order valence-electron chi connectivity index (χ2n) is 6.68. The maximum absolute atomic E-state index is 12.9. The molecule has 0 aliphatic heterocycles. The molecule has 26 heavy (non-hydrogen) atoms. The summed E-state index contributed by atoms with van der Waals surface area (Å²) in [5, 5.41) is 5.78. The minimum Gasteiger partial charge on any atom is -0.480 e. The molecular formula is C18H21N5O2S. The lowest BCUT2D eigenvalue weighted by Gasteiger charge is -2.19. The van der Waals surface area contributed by atoms with Crippen LogP contribution in [0, 0.1) is 0 Å². The summed E-state index contributed by atoms with van der Waals surface area (Å²) in [5.41, 5.74) is 1.90. The van der Waals surface area contributed by atoms with Crippen LogP contribution in [0.5, 0.6) is 5.88 Å². The highest BCUT2D eigenvalue weighted by atomic mass is 32.1. The molecule has 7 nitrogen and oxygen atoms in total. The third-order valence-electron chi connectivity index (χ3n) is 5.01. The number of nitrogens with one attached hydrogen (secondary N) is 1. The number of aromatic nitrogens is 5. The van der Waals surface area contributed by atoms with E-state index in [0.29, 0.717) is 39.2 Å². The normalized spacial score (nSPS) is 15.5. The Hall–Kier alpha value is -2.35. The van der Waals surface area contributed by atoms with Gasteiger partial charge >= 0.3 is 0 Å². The lowest BCUT2D eigenvalue weighted by Crippen LogP contribution is -2.13. The van der Waals surface area contributed by atoms with E-state index in [1.807, 2.05) is 7.05 Å². The van der Waals surface area contributed by atoms with Crippen LogP contribution in [0.15, 0.2) is 22.0 Å². The van der Waals surface area contributed by atoms with Gasteiger partial charge in [-0.15, -0.1) is 12.6 Å². The number of hydrogen-bond acceptors (Lipinski definition) is 6. The molecule has 0 atom stereocenters. The Morgan fingerprint density at radius 3 is 2.73 bits per heavy atom. The summed E-state index contributed by atoms with van der Waals surface area (Å²) in [5.74, 6) is 1.12. The minimum absolute atomic E-state index is 0.171. The van der Waals surface area contributed by atoms with Gasteiger partial charge in [-0.3, -0.25) is 4.79 Å². The number of hydrogen-bond donors (Lipinski definition) is 2. The van der Waals surface area contributed by atoms with Gasteiger partial charge < -0.3 is 9.72 Å². The highest BCUT2D eigenvalue weighted by Gasteiger charge is 2.25. The van der Waals surface area contributed by atoms with Crippen molar-refractivity contribution in [2.24, 2.45) is 7.05 Å². The van der Waals surface area contributed by atoms with Gasteiger partial charge in [-0.2, -0.15) is 5.10 Å². The van der Waals surface area contributed by atoms with Gasteiger partial charge in [0.25, 0.3) is 5.56 Å². The van der Waals surface area contributed by atoms with Crippen molar-refractivity contribution >= 4 is 23.7 Å². The smallest absolute Gasteiger partial charge is 0.262 e. The van der Waals surface area contributed by atoms with Crippen molar-refractivity contribution in [1.82, 2.24) is 24.7 Å². The van der Waals surface area contributed by atoms with E-state index in [0.717, 1.165) is 18.5 Å². The Bertz CT molecular complexity index is 1020. The number of rotatable bonds is 3. The summed E-state index contributed by atoms with van der Waals surface area (Å²) in [6.07, 6.45) is 5.78. The summed E-state index contributed by atoms with van der Waals surface area (Å²) in [7, 11) is 3.36. The first-order valence-electron chi connectivity index (χ1n) is 8.79. The molecular weight excluding hydrogens is 350 g/mol. The van der Waals surface area contributed by atoms with Crippen LogP contribution in [0.2, 0.25) is 0 Å². The maximum Gasteiger partial charge on any atom is 0.262 e. The van der Waals surface area contributed by atoms with E-state index in [9.17, 15) is 4.79 Å². The van der Waals surface area contributed by atoms with Crippen molar-refractivity contribution in [3.8, 4) is 17.3 Å². The first-order valence-corrected chi connectivity index (χ1v) is 9.24. The summed E-state index contributed by atoms with van der Waals surface area (Å²) < 4.78 is 7.02. The Balaban J connectivity index is 1.88. The Morgan fingerprint density at radius 1 is 1.23 bits per heavy atom. The number of fused-ring (bicyclic) bond motifs is 1. The van der Waals surface area contributed by atoms with E-state index in [-0.39, 0.29) is 5.56 Å². The fraction of sp³-hybridized carbons (Fsp3) is 0.444. The quantitative estimate of drug-likeness (QED) is 0.691. The molecule has 1 aliphatic carbocycles. The average Bonchev–Trinajstić information content (AvgIpc) is 2.99. The third-order valence-corrected chi connectivity index (χ3v) is 5.26. The molecule has 1 aliphatic rings. The molecule has 1 fully saturated rings. The van der Waals surface area contributed by atoms with E-state index in [2.05, 4.69) is 32.7 Å². The lowest BCUT2D eigenvalue weighted by atomic mass is 9.86. The average molecular weight is 371 g/mol. The SMILES string of the molecule is COc1nc(S)ccc1-c1nc2c(c(C3CCCCC3)nn2C)c(=O)[nH]1. The molecule has 0 radical (unpaired) electrons. The van der Waals surface area contributed by atoms with Gasteiger partial charge in [0, 0.05) is 13.0 Å². The zero-order valence-electron chi connectivity index (χ0n) is 14.8. The van der Waals surface area contributed by atoms with E-state index in [1.54, 1.807) is 16.8 Å². The second kappa shape index (κ2) is 6.75. The molecule has 3 aromatic rings. The van der Waals surface area contributed by atoms with Crippen LogP contribution >= 0.6 is 12.6 Å². The summed E-state index contributed by atoms with van der Waals surface area (Å²) in [6, 6.07) is 3.53. The lowest BCUT2D eigenvalue weighted by molar-refractivity contribution is 0.396. The van der Waals surface area contributed by atoms with Crippen LogP contribution in [0.1, 0.15) is 43.7 Å². The summed E-state index contributed by atoms with van der Waals surface area (Å²) in [6.45, 7) is 0. The molecule has 0 spiro atoms. The fourth-order valence-corrected chi connectivity index (χ4v) is 3.91. The van der Waals surface area contributed by atoms with Crippen LogP contribution in [-0.4, -0.2) is 31.8 Å². The van der Waals surface area contributed by atoms with Gasteiger partial charge in [-0.05, 0) is 25.0 Å². The van der Waals surface area contributed by atoms with Gasteiger partial charge in [-0.25, -0.2) is 14.6 Å². The monoisotopic (exact) mass is 371 g/mol. The molecule has 3 heterocycles. The summed E-state index contributed by atoms with van der Waals surface area (Å²) in [4.78, 5) is 24.7. The zero-order chi connectivity index (χ0) is 18.3. The highest BCUT2D eigenvalue weighted by Crippen LogP contribution is 2.35. The van der Waals surface area contributed by atoms with Crippen LogP contribution in [0.4, 0.5) is 0 Å². The number of aryl methyl sites for hydroxylation is 1. The van der Waals surface area contributed by atoms with Gasteiger partial charge in [0.15, 0.2) is 5.65 Å². The van der Waals surface area contributed by atoms with Crippen molar-refractivity contribution in [2.45, 2.75) is 43.0 Å². The summed E-state index contributed by atoms with van der Waals surface area (Å²) >= 11 is 4.23. The standard InChI is InChI=1S/C18H21N5O2S/c1-23-16-13(14(22-23)10-6-4-3-5-7-10)17(24)21-15(20-16)11-8-9-12(26)19-18(11)25-2/h8-10H,3-7H2,1-2H3,(H,19,26)(H,20,21,24). The van der Waals surface area contributed by atoms with Gasteiger partial charge in [0.1, 0.15) is 11.2 Å². The zero-order valence-corrected chi connectivity index (χ0v) is 15.7. The van der Waals surface area contributed by atoms with Crippen LogP contribution in [-0.2, 0) is 7.05 Å². The largest absolute Gasteiger partial charge is 0.480 e. The Kier molecular flexibility index (Phi) is 4.44. The number of pyridine rings is 1. The number of thiol groups is 1. The van der Waals surface area contributed by atoms with Crippen molar-refractivity contribution in [1.29, 1.82) is 0 Å². The maximum atomic E-state index is 12.9. The molecule has 1 N–H and O–H groups in total. The fourth-order valence-electron chi connectivity index (χ4n) is 3.74. The molecule has 0 bridgehead atoms. The van der Waals surface area contributed by atoms with Crippen LogP contribution in [0.3, 0.4) is 0 Å². The molecule has 136 valence electrons. The van der Waals surface area contributed by atoms with E-state index in [1.165, 1.54) is 26.4 Å². The molecule has 0 unspecified atom stereocenters. The van der Waals surface area contributed by atoms with Crippen molar-refractivity contribution in [2.75, 3.05) is 7.11 Å². The molecule has 4 rings (SSSR count). The van der Waals surface area contributed by atoms with E-state index >= 15 is 0 Å². The molecule has 0 saturated heterocycles.